The number of esters is 1. The topological polar surface area (TPSA) is 58.9 Å². The molecule has 1 fully saturated rings. The molecule has 1 aliphatic rings. The quantitative estimate of drug-likeness (QED) is 0.380. The third-order valence-electron chi connectivity index (χ3n) is 5.25. The smallest absolute Gasteiger partial charge is 0.309 e. The molecule has 0 aromatic heterocycles. The molecular weight excluding hydrogens is 425 g/mol. The molecule has 3 atom stereocenters. The van der Waals surface area contributed by atoms with E-state index in [4.69, 9.17) is 4.74 Å². The fourth-order valence-electron chi connectivity index (χ4n) is 3.84. The summed E-state index contributed by atoms with van der Waals surface area (Å²) in [5.74, 6) is -1.37. The van der Waals surface area contributed by atoms with Crippen LogP contribution in [-0.2, 0) is 22.6 Å². The van der Waals surface area contributed by atoms with Gasteiger partial charge in [0.05, 0.1) is 16.1 Å². The lowest BCUT2D eigenvalue weighted by Gasteiger charge is -2.34. The molecule has 0 saturated heterocycles. The summed E-state index contributed by atoms with van der Waals surface area (Å²) in [6, 6.07) is 14.6. The molecule has 4 nitrogen and oxygen atoms in total. The molecule has 2 aromatic carbocycles. The van der Waals surface area contributed by atoms with Gasteiger partial charge in [-0.05, 0) is 58.3 Å². The van der Waals surface area contributed by atoms with E-state index in [1.807, 2.05) is 37.3 Å². The van der Waals surface area contributed by atoms with Gasteiger partial charge in [0.2, 0.25) is 0 Å². The molecule has 0 heterocycles. The number of ether oxygens (including phenoxy) is 1. The number of hydrogen-bond donors (Lipinski definition) is 1. The highest BCUT2D eigenvalue weighted by molar-refractivity contribution is 9.10. The van der Waals surface area contributed by atoms with Gasteiger partial charge in [0.15, 0.2) is 0 Å². The van der Waals surface area contributed by atoms with Gasteiger partial charge in [-0.3, -0.25) is 4.79 Å². The van der Waals surface area contributed by atoms with Gasteiger partial charge in [-0.1, -0.05) is 54.5 Å². The van der Waals surface area contributed by atoms with E-state index in [1.165, 1.54) is 0 Å². The van der Waals surface area contributed by atoms with Crippen LogP contribution in [0.2, 0.25) is 0 Å². The van der Waals surface area contributed by atoms with E-state index in [2.05, 4.69) is 21.1 Å². The second-order valence-corrected chi connectivity index (χ2v) is 8.21. The van der Waals surface area contributed by atoms with Crippen molar-refractivity contribution >= 4 is 27.6 Å². The van der Waals surface area contributed by atoms with Crippen LogP contribution in [0.3, 0.4) is 0 Å². The van der Waals surface area contributed by atoms with Crippen molar-refractivity contribution in [1.82, 2.24) is 0 Å². The van der Waals surface area contributed by atoms with Crippen LogP contribution in [0.15, 0.2) is 58.2 Å². The number of benzene rings is 2. The standard InChI is InChI=1S/C22H23BrFNO3/c1-14-10-18(22(26)28-13-15-6-3-2-4-7-15)17(20(11-14)25-27)12-16-8-5-9-19(23)21(16)24/h2-9,14,17-18,27H,10-13H2,1H3/b25-20+/t14-,17?,18?/m0/s1. The molecule has 2 unspecified atom stereocenters. The van der Waals surface area contributed by atoms with Crippen LogP contribution in [0.4, 0.5) is 4.39 Å². The zero-order chi connectivity index (χ0) is 20.1. The first kappa shape index (κ1) is 20.5. The normalized spacial score (nSPS) is 23.5. The Morgan fingerprint density at radius 1 is 1.25 bits per heavy atom. The Kier molecular flexibility index (Phi) is 6.83. The SMILES string of the molecule is C[C@@H]1C/C(=N\O)C(Cc2cccc(Br)c2F)C(C(=O)OCc2ccccc2)C1. The van der Waals surface area contributed by atoms with E-state index < -0.39 is 11.8 Å². The monoisotopic (exact) mass is 447 g/mol. The molecular formula is C22H23BrFNO3. The van der Waals surface area contributed by atoms with Crippen molar-refractivity contribution in [3.05, 3.63) is 69.9 Å². The number of nitrogens with zero attached hydrogens (tertiary/aromatic N) is 1. The summed E-state index contributed by atoms with van der Waals surface area (Å²) >= 11 is 3.20. The minimum Gasteiger partial charge on any atom is -0.461 e. The number of carbonyl (C=O) groups is 1. The summed E-state index contributed by atoms with van der Waals surface area (Å²) in [6.07, 6.45) is 1.48. The molecule has 28 heavy (non-hydrogen) atoms. The van der Waals surface area contributed by atoms with Crippen molar-refractivity contribution in [2.24, 2.45) is 22.9 Å². The molecule has 6 heteroatoms. The fraction of sp³-hybridized carbons (Fsp3) is 0.364. The summed E-state index contributed by atoms with van der Waals surface area (Å²) in [5.41, 5.74) is 1.92. The summed E-state index contributed by atoms with van der Waals surface area (Å²) < 4.78 is 20.4. The summed E-state index contributed by atoms with van der Waals surface area (Å²) in [6.45, 7) is 2.20. The van der Waals surface area contributed by atoms with Crippen LogP contribution in [0, 0.1) is 23.6 Å². The zero-order valence-electron chi connectivity index (χ0n) is 15.6. The van der Waals surface area contributed by atoms with Crippen LogP contribution in [0.1, 0.15) is 30.9 Å². The molecule has 2 aromatic rings. The predicted octanol–water partition coefficient (Wildman–Crippen LogP) is 5.37. The Labute approximate surface area is 172 Å². The van der Waals surface area contributed by atoms with Crippen LogP contribution in [-0.4, -0.2) is 16.9 Å². The second-order valence-electron chi connectivity index (χ2n) is 7.36. The maximum atomic E-state index is 14.5. The van der Waals surface area contributed by atoms with E-state index in [9.17, 15) is 14.4 Å². The van der Waals surface area contributed by atoms with Crippen LogP contribution in [0.25, 0.3) is 0 Å². The first-order chi connectivity index (χ1) is 13.5. The Morgan fingerprint density at radius 3 is 2.71 bits per heavy atom. The first-order valence-corrected chi connectivity index (χ1v) is 10.1. The van der Waals surface area contributed by atoms with Crippen molar-refractivity contribution in [3.8, 4) is 0 Å². The Bertz CT molecular complexity index is 856. The van der Waals surface area contributed by atoms with E-state index >= 15 is 0 Å². The molecule has 1 aliphatic carbocycles. The highest BCUT2D eigenvalue weighted by Gasteiger charge is 2.39. The highest BCUT2D eigenvalue weighted by atomic mass is 79.9. The van der Waals surface area contributed by atoms with Gasteiger partial charge in [0.25, 0.3) is 0 Å². The minimum absolute atomic E-state index is 0.184. The molecule has 1 N–H and O–H groups in total. The lowest BCUT2D eigenvalue weighted by atomic mass is 9.71. The number of carbonyl (C=O) groups excluding carboxylic acids is 1. The van der Waals surface area contributed by atoms with Gasteiger partial charge in [-0.25, -0.2) is 4.39 Å². The van der Waals surface area contributed by atoms with Crippen LogP contribution < -0.4 is 0 Å². The third-order valence-corrected chi connectivity index (χ3v) is 5.87. The number of hydrogen-bond acceptors (Lipinski definition) is 4. The number of oxime groups is 1. The first-order valence-electron chi connectivity index (χ1n) is 9.33. The molecule has 0 aliphatic heterocycles. The average Bonchev–Trinajstić information content (AvgIpc) is 2.71. The van der Waals surface area contributed by atoms with E-state index in [-0.39, 0.29) is 30.7 Å². The van der Waals surface area contributed by atoms with Crippen molar-refractivity contribution < 1.29 is 19.1 Å². The minimum atomic E-state index is -0.475. The summed E-state index contributed by atoms with van der Waals surface area (Å²) in [5, 5.41) is 13.0. The zero-order valence-corrected chi connectivity index (χ0v) is 17.2. The molecule has 0 amide bonds. The molecule has 0 spiro atoms. The predicted molar refractivity (Wildman–Crippen MR) is 109 cm³/mol. The van der Waals surface area contributed by atoms with Crippen molar-refractivity contribution in [2.75, 3.05) is 0 Å². The van der Waals surface area contributed by atoms with Gasteiger partial charge in [-0.2, -0.15) is 0 Å². The van der Waals surface area contributed by atoms with Gasteiger partial charge >= 0.3 is 5.97 Å². The largest absolute Gasteiger partial charge is 0.461 e. The van der Waals surface area contributed by atoms with Gasteiger partial charge < -0.3 is 9.94 Å². The van der Waals surface area contributed by atoms with Crippen molar-refractivity contribution in [3.63, 3.8) is 0 Å². The summed E-state index contributed by atoms with van der Waals surface area (Å²) in [4.78, 5) is 12.9. The Hall–Kier alpha value is -2.21. The van der Waals surface area contributed by atoms with Gasteiger partial charge in [-0.15, -0.1) is 0 Å². The lowest BCUT2D eigenvalue weighted by molar-refractivity contribution is -0.152. The molecule has 0 bridgehead atoms. The van der Waals surface area contributed by atoms with Crippen LogP contribution in [0.5, 0.6) is 0 Å². The maximum absolute atomic E-state index is 14.5. The summed E-state index contributed by atoms with van der Waals surface area (Å²) in [7, 11) is 0. The Balaban J connectivity index is 1.80. The van der Waals surface area contributed by atoms with E-state index in [0.717, 1.165) is 5.56 Å². The highest BCUT2D eigenvalue weighted by Crippen LogP contribution is 2.36. The second kappa shape index (κ2) is 9.32. The van der Waals surface area contributed by atoms with Gasteiger partial charge in [0, 0.05) is 5.92 Å². The maximum Gasteiger partial charge on any atom is 0.309 e. The third kappa shape index (κ3) is 4.79. The average molecular weight is 448 g/mol. The number of rotatable bonds is 5. The van der Waals surface area contributed by atoms with Crippen molar-refractivity contribution in [1.29, 1.82) is 0 Å². The Morgan fingerprint density at radius 2 is 2.00 bits per heavy atom. The fourth-order valence-corrected chi connectivity index (χ4v) is 4.24. The molecule has 0 radical (unpaired) electrons. The lowest BCUT2D eigenvalue weighted by Crippen LogP contribution is -2.39. The number of halogens is 2. The van der Waals surface area contributed by atoms with Gasteiger partial charge in [0.1, 0.15) is 12.4 Å². The molecule has 1 saturated carbocycles. The van der Waals surface area contributed by atoms with E-state index in [0.29, 0.717) is 28.6 Å². The molecule has 148 valence electrons. The molecule has 3 rings (SSSR count). The van der Waals surface area contributed by atoms with Crippen LogP contribution >= 0.6 is 15.9 Å². The van der Waals surface area contributed by atoms with Crippen molar-refractivity contribution in [2.45, 2.75) is 32.8 Å². The van der Waals surface area contributed by atoms with E-state index in [1.54, 1.807) is 18.2 Å².